The highest BCUT2D eigenvalue weighted by molar-refractivity contribution is 6.39. The van der Waals surface area contributed by atoms with Crippen molar-refractivity contribution in [3.8, 4) is 0 Å². The number of halogens is 2. The van der Waals surface area contributed by atoms with Crippen LogP contribution in [-0.4, -0.2) is 41.7 Å². The number of carbonyl (C=O) groups is 1. The summed E-state index contributed by atoms with van der Waals surface area (Å²) < 4.78 is 0. The Balaban J connectivity index is 1.58. The molecule has 3 unspecified atom stereocenters. The first-order valence-corrected chi connectivity index (χ1v) is 7.94. The molecule has 1 amide bonds. The number of benzene rings is 1. The van der Waals surface area contributed by atoms with Crippen molar-refractivity contribution < 1.29 is 9.90 Å². The molecule has 0 radical (unpaired) electrons. The van der Waals surface area contributed by atoms with Gasteiger partial charge in [0, 0.05) is 19.0 Å². The number of nitrogens with zero attached hydrogens (tertiary/aromatic N) is 1. The summed E-state index contributed by atoms with van der Waals surface area (Å²) in [6.45, 7) is 1.97. The molecular formula is C15H18Cl2N2O2. The van der Waals surface area contributed by atoms with Crippen LogP contribution in [0.2, 0.25) is 10.0 Å². The molecular weight excluding hydrogens is 311 g/mol. The lowest BCUT2D eigenvalue weighted by Crippen LogP contribution is -2.33. The zero-order valence-corrected chi connectivity index (χ0v) is 13.1. The Hall–Kier alpha value is -0.810. The number of likely N-dealkylation sites (tertiary alicyclic amines) is 1. The standard InChI is InChI=1S/C15H18Cl2N2O2/c16-11-2-1-3-12(17)15(11)18-14(21)8-19-6-9-4-5-13(20)10(9)7-19/h1-3,9-10,13,20H,4-8H2,(H,18,21). The van der Waals surface area contributed by atoms with Crippen LogP contribution < -0.4 is 5.32 Å². The first kappa shape index (κ1) is 15.1. The van der Waals surface area contributed by atoms with Gasteiger partial charge in [0.15, 0.2) is 0 Å². The lowest BCUT2D eigenvalue weighted by Gasteiger charge is -2.18. The molecule has 114 valence electrons. The minimum Gasteiger partial charge on any atom is -0.393 e. The van der Waals surface area contributed by atoms with Gasteiger partial charge in [-0.3, -0.25) is 9.69 Å². The number of fused-ring (bicyclic) bond motifs is 1. The summed E-state index contributed by atoms with van der Waals surface area (Å²) in [7, 11) is 0. The van der Waals surface area contributed by atoms with Gasteiger partial charge in [0.2, 0.25) is 5.91 Å². The van der Waals surface area contributed by atoms with Crippen LogP contribution in [0.1, 0.15) is 12.8 Å². The fraction of sp³-hybridized carbons (Fsp3) is 0.533. The van der Waals surface area contributed by atoms with E-state index in [2.05, 4.69) is 10.2 Å². The Morgan fingerprint density at radius 2 is 2.00 bits per heavy atom. The Labute approximate surface area is 134 Å². The largest absolute Gasteiger partial charge is 0.393 e. The molecule has 0 bridgehead atoms. The summed E-state index contributed by atoms with van der Waals surface area (Å²) in [5.74, 6) is 0.720. The molecule has 4 nitrogen and oxygen atoms in total. The van der Waals surface area contributed by atoms with Crippen molar-refractivity contribution in [2.75, 3.05) is 25.0 Å². The van der Waals surface area contributed by atoms with Gasteiger partial charge in [0.25, 0.3) is 0 Å². The minimum atomic E-state index is -0.207. The van der Waals surface area contributed by atoms with Gasteiger partial charge in [-0.05, 0) is 30.9 Å². The molecule has 3 rings (SSSR count). The number of carbonyl (C=O) groups excluding carboxylic acids is 1. The number of hydrogen-bond donors (Lipinski definition) is 2. The van der Waals surface area contributed by atoms with Crippen LogP contribution in [0.15, 0.2) is 18.2 Å². The quantitative estimate of drug-likeness (QED) is 0.896. The molecule has 2 aliphatic rings. The van der Waals surface area contributed by atoms with E-state index in [9.17, 15) is 9.90 Å². The number of hydrogen-bond acceptors (Lipinski definition) is 3. The van der Waals surface area contributed by atoms with Crippen LogP contribution in [0.4, 0.5) is 5.69 Å². The van der Waals surface area contributed by atoms with Gasteiger partial charge in [-0.1, -0.05) is 29.3 Å². The van der Waals surface area contributed by atoms with E-state index in [1.165, 1.54) is 0 Å². The highest BCUT2D eigenvalue weighted by Gasteiger charge is 2.42. The molecule has 1 aromatic rings. The second kappa shape index (κ2) is 6.13. The molecule has 2 N–H and O–H groups in total. The molecule has 1 saturated heterocycles. The Morgan fingerprint density at radius 3 is 2.67 bits per heavy atom. The Bertz CT molecular complexity index is 532. The van der Waals surface area contributed by atoms with Crippen molar-refractivity contribution in [1.29, 1.82) is 0 Å². The van der Waals surface area contributed by atoms with E-state index in [1.807, 2.05) is 0 Å². The molecule has 0 aromatic heterocycles. The van der Waals surface area contributed by atoms with Crippen LogP contribution in [0.25, 0.3) is 0 Å². The fourth-order valence-electron chi connectivity index (χ4n) is 3.46. The van der Waals surface area contributed by atoms with E-state index >= 15 is 0 Å². The van der Waals surface area contributed by atoms with Crippen molar-refractivity contribution in [2.24, 2.45) is 11.8 Å². The second-order valence-corrected chi connectivity index (χ2v) is 6.72. The monoisotopic (exact) mass is 328 g/mol. The number of amides is 1. The van der Waals surface area contributed by atoms with Crippen molar-refractivity contribution >= 4 is 34.8 Å². The SMILES string of the molecule is O=C(CN1CC2CCC(O)C2C1)Nc1c(Cl)cccc1Cl. The van der Waals surface area contributed by atoms with E-state index < -0.39 is 0 Å². The molecule has 1 aliphatic carbocycles. The van der Waals surface area contributed by atoms with E-state index in [0.29, 0.717) is 34.1 Å². The van der Waals surface area contributed by atoms with Gasteiger partial charge < -0.3 is 10.4 Å². The number of aliphatic hydroxyl groups is 1. The summed E-state index contributed by atoms with van der Waals surface area (Å²) in [5, 5.41) is 13.5. The summed E-state index contributed by atoms with van der Waals surface area (Å²) in [6.07, 6.45) is 1.74. The average Bonchev–Trinajstić information content (AvgIpc) is 2.97. The van der Waals surface area contributed by atoms with Gasteiger partial charge in [-0.15, -0.1) is 0 Å². The number of para-hydroxylation sites is 1. The molecule has 1 aliphatic heterocycles. The summed E-state index contributed by atoms with van der Waals surface area (Å²) in [4.78, 5) is 14.2. The average molecular weight is 329 g/mol. The maximum atomic E-state index is 12.1. The molecule has 1 aromatic carbocycles. The smallest absolute Gasteiger partial charge is 0.238 e. The van der Waals surface area contributed by atoms with Gasteiger partial charge in [-0.2, -0.15) is 0 Å². The van der Waals surface area contributed by atoms with E-state index in [0.717, 1.165) is 25.9 Å². The minimum absolute atomic E-state index is 0.125. The zero-order valence-electron chi connectivity index (χ0n) is 11.6. The molecule has 1 heterocycles. The fourth-order valence-corrected chi connectivity index (χ4v) is 3.95. The highest BCUT2D eigenvalue weighted by Crippen LogP contribution is 2.38. The lowest BCUT2D eigenvalue weighted by molar-refractivity contribution is -0.117. The van der Waals surface area contributed by atoms with Crippen molar-refractivity contribution in [3.05, 3.63) is 28.2 Å². The van der Waals surface area contributed by atoms with E-state index in [1.54, 1.807) is 18.2 Å². The van der Waals surface area contributed by atoms with Gasteiger partial charge in [0.05, 0.1) is 28.4 Å². The second-order valence-electron chi connectivity index (χ2n) is 5.91. The first-order chi connectivity index (χ1) is 10.0. The number of aliphatic hydroxyl groups excluding tert-OH is 1. The lowest BCUT2D eigenvalue weighted by atomic mass is 10.00. The van der Waals surface area contributed by atoms with Gasteiger partial charge in [0.1, 0.15) is 0 Å². The normalized spacial score (nSPS) is 28.6. The molecule has 6 heteroatoms. The highest BCUT2D eigenvalue weighted by atomic mass is 35.5. The molecule has 0 spiro atoms. The summed E-state index contributed by atoms with van der Waals surface area (Å²) in [5.41, 5.74) is 0.463. The molecule has 1 saturated carbocycles. The summed E-state index contributed by atoms with van der Waals surface area (Å²) >= 11 is 12.1. The van der Waals surface area contributed by atoms with Gasteiger partial charge >= 0.3 is 0 Å². The van der Waals surface area contributed by atoms with Crippen molar-refractivity contribution in [1.82, 2.24) is 4.90 Å². The van der Waals surface area contributed by atoms with Crippen LogP contribution in [0.3, 0.4) is 0 Å². The van der Waals surface area contributed by atoms with Crippen LogP contribution in [0, 0.1) is 11.8 Å². The zero-order chi connectivity index (χ0) is 15.0. The summed E-state index contributed by atoms with van der Waals surface area (Å²) in [6, 6.07) is 5.13. The topological polar surface area (TPSA) is 52.6 Å². The van der Waals surface area contributed by atoms with Gasteiger partial charge in [-0.25, -0.2) is 0 Å². The predicted octanol–water partition coefficient (Wildman–Crippen LogP) is 2.63. The third-order valence-corrected chi connectivity index (χ3v) is 5.12. The third-order valence-electron chi connectivity index (χ3n) is 4.49. The first-order valence-electron chi connectivity index (χ1n) is 7.19. The number of anilines is 1. The number of nitrogens with one attached hydrogen (secondary N) is 1. The molecule has 2 fully saturated rings. The van der Waals surface area contributed by atoms with Crippen molar-refractivity contribution in [3.63, 3.8) is 0 Å². The van der Waals surface area contributed by atoms with Crippen LogP contribution >= 0.6 is 23.2 Å². The van der Waals surface area contributed by atoms with Crippen LogP contribution in [-0.2, 0) is 4.79 Å². The van der Waals surface area contributed by atoms with Crippen LogP contribution in [0.5, 0.6) is 0 Å². The Morgan fingerprint density at radius 1 is 1.29 bits per heavy atom. The molecule has 3 atom stereocenters. The third kappa shape index (κ3) is 3.19. The predicted molar refractivity (Wildman–Crippen MR) is 83.8 cm³/mol. The number of rotatable bonds is 3. The maximum absolute atomic E-state index is 12.1. The van der Waals surface area contributed by atoms with E-state index in [4.69, 9.17) is 23.2 Å². The Kier molecular flexibility index (Phi) is 4.41. The molecule has 21 heavy (non-hydrogen) atoms. The maximum Gasteiger partial charge on any atom is 0.238 e. The van der Waals surface area contributed by atoms with Crippen molar-refractivity contribution in [2.45, 2.75) is 18.9 Å². The van der Waals surface area contributed by atoms with E-state index in [-0.39, 0.29) is 12.0 Å².